The molecular formula is C18H34IN3O2. The molecule has 0 aromatic rings. The van der Waals surface area contributed by atoms with Crippen molar-refractivity contribution < 1.29 is 9.47 Å². The minimum Gasteiger partial charge on any atom is -0.381 e. The van der Waals surface area contributed by atoms with Crippen LogP contribution < -0.4 is 5.32 Å². The van der Waals surface area contributed by atoms with Gasteiger partial charge in [0.1, 0.15) is 0 Å². The van der Waals surface area contributed by atoms with E-state index >= 15 is 0 Å². The Kier molecular flexibility index (Phi) is 8.57. The zero-order valence-electron chi connectivity index (χ0n) is 15.1. The van der Waals surface area contributed by atoms with Crippen molar-refractivity contribution in [2.24, 2.45) is 16.3 Å². The van der Waals surface area contributed by atoms with E-state index in [-0.39, 0.29) is 24.0 Å². The fourth-order valence-electron chi connectivity index (χ4n) is 4.07. The monoisotopic (exact) mass is 451 g/mol. The third kappa shape index (κ3) is 5.46. The van der Waals surface area contributed by atoms with E-state index in [1.165, 1.54) is 38.8 Å². The Hall–Kier alpha value is -0.0800. The Labute approximate surface area is 164 Å². The van der Waals surface area contributed by atoms with Crippen molar-refractivity contribution >= 4 is 29.9 Å². The number of guanidine groups is 1. The summed E-state index contributed by atoms with van der Waals surface area (Å²) in [5.41, 5.74) is 0.629. The maximum Gasteiger partial charge on any atom is 0.193 e. The molecule has 140 valence electrons. The predicted molar refractivity (Wildman–Crippen MR) is 108 cm³/mol. The summed E-state index contributed by atoms with van der Waals surface area (Å²) in [6, 6.07) is 0. The molecule has 1 aliphatic carbocycles. The Bertz CT molecular complexity index is 396. The summed E-state index contributed by atoms with van der Waals surface area (Å²) in [5, 5.41) is 3.51. The lowest BCUT2D eigenvalue weighted by Gasteiger charge is -2.38. The lowest BCUT2D eigenvalue weighted by atomic mass is 9.68. The second-order valence-corrected chi connectivity index (χ2v) is 7.48. The molecule has 5 nitrogen and oxygen atoms in total. The van der Waals surface area contributed by atoms with Crippen LogP contribution in [-0.2, 0) is 9.47 Å². The Morgan fingerprint density at radius 1 is 1.29 bits per heavy atom. The number of halogens is 1. The van der Waals surface area contributed by atoms with Crippen LogP contribution in [0.5, 0.6) is 0 Å². The van der Waals surface area contributed by atoms with E-state index in [1.807, 2.05) is 7.05 Å². The van der Waals surface area contributed by atoms with Gasteiger partial charge in [0, 0.05) is 53.1 Å². The van der Waals surface area contributed by atoms with Crippen molar-refractivity contribution in [3.8, 4) is 0 Å². The fourth-order valence-corrected chi connectivity index (χ4v) is 4.07. The second-order valence-electron chi connectivity index (χ2n) is 7.48. The van der Waals surface area contributed by atoms with E-state index in [1.54, 1.807) is 0 Å². The maximum absolute atomic E-state index is 5.82. The van der Waals surface area contributed by atoms with E-state index in [9.17, 15) is 0 Å². The molecule has 3 rings (SSSR count). The van der Waals surface area contributed by atoms with Gasteiger partial charge in [0.25, 0.3) is 0 Å². The molecule has 3 aliphatic rings. The van der Waals surface area contributed by atoms with Gasteiger partial charge in [-0.15, -0.1) is 24.0 Å². The third-order valence-electron chi connectivity index (χ3n) is 5.81. The molecular weight excluding hydrogens is 417 g/mol. The Morgan fingerprint density at radius 3 is 2.71 bits per heavy atom. The van der Waals surface area contributed by atoms with Gasteiger partial charge in [0.2, 0.25) is 0 Å². The SMILES string of the molecule is CN=C(NCCCOCC1CCOCC1)N1CCC2(CCC2)C1.I. The largest absolute Gasteiger partial charge is 0.381 e. The molecule has 0 amide bonds. The van der Waals surface area contributed by atoms with Crippen molar-refractivity contribution in [2.45, 2.75) is 44.9 Å². The van der Waals surface area contributed by atoms with E-state index in [4.69, 9.17) is 9.47 Å². The van der Waals surface area contributed by atoms with Crippen LogP contribution in [0.4, 0.5) is 0 Å². The molecule has 24 heavy (non-hydrogen) atoms. The van der Waals surface area contributed by atoms with Gasteiger partial charge >= 0.3 is 0 Å². The normalized spacial score (nSPS) is 23.9. The molecule has 2 heterocycles. The smallest absolute Gasteiger partial charge is 0.193 e. The average molecular weight is 451 g/mol. The minimum absolute atomic E-state index is 0. The summed E-state index contributed by atoms with van der Waals surface area (Å²) in [5.74, 6) is 1.78. The first-order chi connectivity index (χ1) is 11.3. The van der Waals surface area contributed by atoms with Crippen LogP contribution in [0.3, 0.4) is 0 Å². The minimum atomic E-state index is 0. The number of hydrogen-bond acceptors (Lipinski definition) is 3. The Balaban J connectivity index is 0.00000208. The number of aliphatic imine (C=N–C) groups is 1. The van der Waals surface area contributed by atoms with E-state index in [2.05, 4.69) is 15.2 Å². The average Bonchev–Trinajstić information content (AvgIpc) is 3.01. The zero-order valence-corrected chi connectivity index (χ0v) is 17.4. The summed E-state index contributed by atoms with van der Waals surface area (Å²) in [6.07, 6.45) is 8.96. The van der Waals surface area contributed by atoms with Gasteiger partial charge in [-0.25, -0.2) is 0 Å². The molecule has 0 aromatic heterocycles. The molecule has 2 aliphatic heterocycles. The van der Waals surface area contributed by atoms with Gasteiger partial charge in [-0.05, 0) is 49.9 Å². The molecule has 0 bridgehead atoms. The zero-order chi connectivity index (χ0) is 16.0. The molecule has 0 unspecified atom stereocenters. The lowest BCUT2D eigenvalue weighted by Crippen LogP contribution is -2.43. The quantitative estimate of drug-likeness (QED) is 0.292. The Morgan fingerprint density at radius 2 is 2.08 bits per heavy atom. The summed E-state index contributed by atoms with van der Waals surface area (Å²) in [6.45, 7) is 6.86. The molecule has 1 saturated carbocycles. The number of rotatable bonds is 6. The topological polar surface area (TPSA) is 46.1 Å². The highest BCUT2D eigenvalue weighted by molar-refractivity contribution is 14.0. The first-order valence-corrected chi connectivity index (χ1v) is 9.42. The van der Waals surface area contributed by atoms with Gasteiger partial charge in [-0.2, -0.15) is 0 Å². The van der Waals surface area contributed by atoms with Crippen LogP contribution in [0, 0.1) is 11.3 Å². The predicted octanol–water partition coefficient (Wildman–Crippen LogP) is 2.89. The molecule has 0 radical (unpaired) electrons. The molecule has 3 fully saturated rings. The molecule has 1 N–H and O–H groups in total. The van der Waals surface area contributed by atoms with Crippen molar-refractivity contribution in [1.82, 2.24) is 10.2 Å². The van der Waals surface area contributed by atoms with Gasteiger partial charge in [-0.1, -0.05) is 6.42 Å². The molecule has 2 saturated heterocycles. The summed E-state index contributed by atoms with van der Waals surface area (Å²) in [7, 11) is 1.90. The highest BCUT2D eigenvalue weighted by Gasteiger charge is 2.43. The van der Waals surface area contributed by atoms with Crippen molar-refractivity contribution in [2.75, 3.05) is 53.1 Å². The van der Waals surface area contributed by atoms with Crippen LogP contribution in [0.1, 0.15) is 44.9 Å². The van der Waals surface area contributed by atoms with Gasteiger partial charge in [-0.3, -0.25) is 4.99 Å². The fraction of sp³-hybridized carbons (Fsp3) is 0.944. The summed E-state index contributed by atoms with van der Waals surface area (Å²) < 4.78 is 11.2. The van der Waals surface area contributed by atoms with Gasteiger partial charge < -0.3 is 19.7 Å². The van der Waals surface area contributed by atoms with Crippen LogP contribution >= 0.6 is 24.0 Å². The number of hydrogen-bond donors (Lipinski definition) is 1. The molecule has 0 aromatic carbocycles. The number of ether oxygens (including phenoxy) is 2. The highest BCUT2D eigenvalue weighted by Crippen LogP contribution is 2.47. The second kappa shape index (κ2) is 10.2. The summed E-state index contributed by atoms with van der Waals surface area (Å²) >= 11 is 0. The third-order valence-corrected chi connectivity index (χ3v) is 5.81. The van der Waals surface area contributed by atoms with Crippen LogP contribution in [0.2, 0.25) is 0 Å². The first-order valence-electron chi connectivity index (χ1n) is 9.42. The van der Waals surface area contributed by atoms with Gasteiger partial charge in [0.05, 0.1) is 0 Å². The lowest BCUT2D eigenvalue weighted by molar-refractivity contribution is 0.0203. The maximum atomic E-state index is 5.82. The van der Waals surface area contributed by atoms with Crippen LogP contribution in [0.25, 0.3) is 0 Å². The van der Waals surface area contributed by atoms with E-state index in [0.717, 1.165) is 58.2 Å². The standard InChI is InChI=1S/C18H33N3O2.HI/c1-19-17(21-10-8-18(15-21)6-2-7-18)20-9-3-11-23-14-16-4-12-22-13-5-16;/h16H,2-15H2,1H3,(H,19,20);1H. The van der Waals surface area contributed by atoms with Crippen molar-refractivity contribution in [3.05, 3.63) is 0 Å². The molecule has 0 atom stereocenters. The molecule has 1 spiro atoms. The highest BCUT2D eigenvalue weighted by atomic mass is 127. The number of nitrogens with zero attached hydrogens (tertiary/aromatic N) is 2. The first kappa shape index (κ1) is 20.2. The van der Waals surface area contributed by atoms with Crippen molar-refractivity contribution in [1.29, 1.82) is 0 Å². The van der Waals surface area contributed by atoms with E-state index < -0.39 is 0 Å². The number of nitrogens with one attached hydrogen (secondary N) is 1. The number of likely N-dealkylation sites (tertiary alicyclic amines) is 1. The van der Waals surface area contributed by atoms with Crippen LogP contribution in [-0.4, -0.2) is 64.0 Å². The summed E-state index contributed by atoms with van der Waals surface area (Å²) in [4.78, 5) is 6.91. The van der Waals surface area contributed by atoms with Crippen LogP contribution in [0.15, 0.2) is 4.99 Å². The molecule has 6 heteroatoms. The van der Waals surface area contributed by atoms with Gasteiger partial charge in [0.15, 0.2) is 5.96 Å². The van der Waals surface area contributed by atoms with E-state index in [0.29, 0.717) is 11.3 Å². The van der Waals surface area contributed by atoms with Crippen molar-refractivity contribution in [3.63, 3.8) is 0 Å².